The van der Waals surface area contributed by atoms with Gasteiger partial charge in [-0.25, -0.2) is 0 Å². The molecule has 0 bridgehead atoms. The quantitative estimate of drug-likeness (QED) is 0.907. The van der Waals surface area contributed by atoms with E-state index >= 15 is 0 Å². The monoisotopic (exact) mass is 315 g/mol. The minimum Gasteiger partial charge on any atom is -0.494 e. The smallest absolute Gasteiger partial charge is 0.198 e. The van der Waals surface area contributed by atoms with E-state index in [2.05, 4.69) is 11.9 Å². The van der Waals surface area contributed by atoms with E-state index < -0.39 is 0 Å². The number of likely N-dealkylation sites (tertiary alicyclic amines) is 1. The Morgan fingerprint density at radius 1 is 1.39 bits per heavy atom. The van der Waals surface area contributed by atoms with Crippen molar-refractivity contribution in [2.45, 2.75) is 40.2 Å². The summed E-state index contributed by atoms with van der Waals surface area (Å²) in [6.45, 7) is 10.0. The molecule has 0 spiro atoms. The van der Waals surface area contributed by atoms with Gasteiger partial charge in [-0.2, -0.15) is 0 Å². The number of rotatable bonds is 4. The fourth-order valence-corrected chi connectivity index (χ4v) is 3.71. The number of hydrogen-bond acceptors (Lipinski definition) is 2. The Hall–Kier alpha value is -1.81. The Bertz CT molecular complexity index is 751. The van der Waals surface area contributed by atoms with Crippen LogP contribution in [0, 0.1) is 12.8 Å². The summed E-state index contributed by atoms with van der Waals surface area (Å²) < 4.78 is 5.55. The molecule has 0 amide bonds. The van der Waals surface area contributed by atoms with Gasteiger partial charge in [0.05, 0.1) is 25.3 Å². The molecule has 4 nitrogen and oxygen atoms in total. The van der Waals surface area contributed by atoms with Gasteiger partial charge in [-0.1, -0.05) is 6.92 Å². The highest BCUT2D eigenvalue weighted by Gasteiger charge is 2.22. The van der Waals surface area contributed by atoms with Crippen LogP contribution in [0.3, 0.4) is 0 Å². The molecule has 2 atom stereocenters. The normalized spacial score (nSPS) is 21.5. The SMILES string of the molecule is CCOc1ccc2[nH]c(C)c(C[NH+]3CCC[C@H](C)C3)c(=O)c2c1. The lowest BCUT2D eigenvalue weighted by Gasteiger charge is -2.28. The van der Waals surface area contributed by atoms with Crippen molar-refractivity contribution in [1.82, 2.24) is 4.98 Å². The molecule has 1 saturated heterocycles. The van der Waals surface area contributed by atoms with Crippen LogP contribution >= 0.6 is 0 Å². The number of H-pyrrole nitrogens is 1. The first-order valence-corrected chi connectivity index (χ1v) is 8.70. The Morgan fingerprint density at radius 2 is 2.22 bits per heavy atom. The van der Waals surface area contributed by atoms with Crippen LogP contribution in [0.4, 0.5) is 0 Å². The molecule has 124 valence electrons. The number of quaternary nitrogens is 1. The summed E-state index contributed by atoms with van der Waals surface area (Å²) in [6.07, 6.45) is 2.57. The van der Waals surface area contributed by atoms with E-state index in [-0.39, 0.29) is 5.43 Å². The average Bonchev–Trinajstić information content (AvgIpc) is 2.52. The fraction of sp³-hybridized carbons (Fsp3) is 0.526. The third-order valence-electron chi connectivity index (χ3n) is 4.89. The van der Waals surface area contributed by atoms with Gasteiger partial charge in [-0.15, -0.1) is 0 Å². The first-order chi connectivity index (χ1) is 11.1. The van der Waals surface area contributed by atoms with Crippen LogP contribution in [0.2, 0.25) is 0 Å². The molecule has 2 N–H and O–H groups in total. The standard InChI is InChI=1S/C19H26N2O2/c1-4-23-15-7-8-18-16(10-15)19(22)17(14(3)20-18)12-21-9-5-6-13(2)11-21/h7-8,10,13H,4-6,9,11-12H2,1-3H3,(H,20,22)/p+1/t13-/m0/s1. The number of aryl methyl sites for hydroxylation is 1. The maximum Gasteiger partial charge on any atom is 0.198 e. The Labute approximate surface area is 137 Å². The van der Waals surface area contributed by atoms with Gasteiger partial charge in [0.1, 0.15) is 12.3 Å². The number of aromatic amines is 1. The Balaban J connectivity index is 1.97. The summed E-state index contributed by atoms with van der Waals surface area (Å²) in [7, 11) is 0. The molecular weight excluding hydrogens is 288 g/mol. The van der Waals surface area contributed by atoms with E-state index in [1.54, 1.807) is 0 Å². The molecule has 2 aromatic rings. The number of pyridine rings is 1. The van der Waals surface area contributed by atoms with Gasteiger partial charge in [-0.05, 0) is 44.9 Å². The number of hydrogen-bond donors (Lipinski definition) is 2. The van der Waals surface area contributed by atoms with Crippen LogP contribution in [-0.2, 0) is 6.54 Å². The maximum absolute atomic E-state index is 13.0. The van der Waals surface area contributed by atoms with E-state index in [0.29, 0.717) is 6.61 Å². The van der Waals surface area contributed by atoms with Crippen LogP contribution in [0.15, 0.2) is 23.0 Å². The molecule has 0 saturated carbocycles. The second-order valence-corrected chi connectivity index (χ2v) is 6.83. The first kappa shape index (κ1) is 16.1. The van der Waals surface area contributed by atoms with Crippen molar-refractivity contribution in [3.8, 4) is 5.75 Å². The Kier molecular flexibility index (Phi) is 4.71. The molecule has 4 heteroatoms. The summed E-state index contributed by atoms with van der Waals surface area (Å²) in [4.78, 5) is 17.9. The minimum atomic E-state index is 0.156. The van der Waals surface area contributed by atoms with E-state index in [9.17, 15) is 4.79 Å². The molecule has 1 fully saturated rings. The number of ether oxygens (including phenoxy) is 1. The molecule has 1 aromatic heterocycles. The van der Waals surface area contributed by atoms with Crippen molar-refractivity contribution in [3.63, 3.8) is 0 Å². The largest absolute Gasteiger partial charge is 0.494 e. The van der Waals surface area contributed by atoms with Crippen molar-refractivity contribution in [3.05, 3.63) is 39.7 Å². The third kappa shape index (κ3) is 3.42. The van der Waals surface area contributed by atoms with E-state index in [0.717, 1.165) is 46.9 Å². The predicted molar refractivity (Wildman–Crippen MR) is 93.3 cm³/mol. The predicted octanol–water partition coefficient (Wildman–Crippen LogP) is 2.05. The summed E-state index contributed by atoms with van der Waals surface area (Å²) >= 11 is 0. The number of aromatic nitrogens is 1. The Morgan fingerprint density at radius 3 is 2.96 bits per heavy atom. The van der Waals surface area contributed by atoms with Crippen molar-refractivity contribution in [2.75, 3.05) is 19.7 Å². The van der Waals surface area contributed by atoms with Gasteiger partial charge < -0.3 is 14.6 Å². The summed E-state index contributed by atoms with van der Waals surface area (Å²) in [6, 6.07) is 5.72. The van der Waals surface area contributed by atoms with Crippen LogP contribution in [0.5, 0.6) is 5.75 Å². The molecule has 1 aromatic carbocycles. The molecule has 1 aliphatic rings. The molecule has 0 radical (unpaired) electrons. The summed E-state index contributed by atoms with van der Waals surface area (Å²) in [5.41, 5.74) is 2.97. The number of nitrogens with one attached hydrogen (secondary N) is 2. The van der Waals surface area contributed by atoms with Gasteiger partial charge in [0.15, 0.2) is 5.43 Å². The highest BCUT2D eigenvalue weighted by Crippen LogP contribution is 2.18. The lowest BCUT2D eigenvalue weighted by Crippen LogP contribution is -3.12. The van der Waals surface area contributed by atoms with Gasteiger partial charge in [0, 0.05) is 22.5 Å². The zero-order chi connectivity index (χ0) is 16.4. The second kappa shape index (κ2) is 6.75. The number of benzene rings is 1. The minimum absolute atomic E-state index is 0.156. The highest BCUT2D eigenvalue weighted by molar-refractivity contribution is 5.81. The molecule has 2 heterocycles. The number of piperidine rings is 1. The molecule has 1 unspecified atom stereocenters. The van der Waals surface area contributed by atoms with Crippen molar-refractivity contribution in [1.29, 1.82) is 0 Å². The van der Waals surface area contributed by atoms with Gasteiger partial charge in [0.25, 0.3) is 0 Å². The lowest BCUT2D eigenvalue weighted by molar-refractivity contribution is -0.922. The topological polar surface area (TPSA) is 46.5 Å². The molecule has 0 aliphatic carbocycles. The van der Waals surface area contributed by atoms with Crippen molar-refractivity contribution in [2.24, 2.45) is 5.92 Å². The average molecular weight is 315 g/mol. The van der Waals surface area contributed by atoms with E-state index in [1.807, 2.05) is 32.0 Å². The fourth-order valence-electron chi connectivity index (χ4n) is 3.71. The molecule has 1 aliphatic heterocycles. The van der Waals surface area contributed by atoms with Crippen LogP contribution in [-0.4, -0.2) is 24.7 Å². The third-order valence-corrected chi connectivity index (χ3v) is 4.89. The van der Waals surface area contributed by atoms with Crippen LogP contribution in [0.1, 0.15) is 37.9 Å². The van der Waals surface area contributed by atoms with E-state index in [1.165, 1.54) is 24.3 Å². The number of fused-ring (bicyclic) bond motifs is 1. The zero-order valence-electron chi connectivity index (χ0n) is 14.4. The van der Waals surface area contributed by atoms with Crippen LogP contribution in [0.25, 0.3) is 10.9 Å². The van der Waals surface area contributed by atoms with Gasteiger partial charge in [-0.3, -0.25) is 4.79 Å². The maximum atomic E-state index is 13.0. The van der Waals surface area contributed by atoms with Crippen molar-refractivity contribution >= 4 is 10.9 Å². The van der Waals surface area contributed by atoms with Gasteiger partial charge in [0.2, 0.25) is 0 Å². The molecule has 23 heavy (non-hydrogen) atoms. The summed E-state index contributed by atoms with van der Waals surface area (Å²) in [5, 5.41) is 0.737. The lowest BCUT2D eigenvalue weighted by atomic mass is 9.99. The summed E-state index contributed by atoms with van der Waals surface area (Å²) in [5.74, 6) is 1.52. The zero-order valence-corrected chi connectivity index (χ0v) is 14.4. The molecule has 3 rings (SSSR count). The molecular formula is C19H27N2O2+. The van der Waals surface area contributed by atoms with Crippen LogP contribution < -0.4 is 15.1 Å². The van der Waals surface area contributed by atoms with Gasteiger partial charge >= 0.3 is 0 Å². The van der Waals surface area contributed by atoms with E-state index in [4.69, 9.17) is 4.74 Å². The highest BCUT2D eigenvalue weighted by atomic mass is 16.5. The second-order valence-electron chi connectivity index (χ2n) is 6.83. The van der Waals surface area contributed by atoms with Crippen molar-refractivity contribution < 1.29 is 9.64 Å². The first-order valence-electron chi connectivity index (χ1n) is 8.70.